The van der Waals surface area contributed by atoms with Crippen LogP contribution in [0.15, 0.2) is 81.1 Å². The molecule has 0 radical (unpaired) electrons. The van der Waals surface area contributed by atoms with Crippen molar-refractivity contribution in [3.63, 3.8) is 0 Å². The maximum atomic E-state index is 13.9. The van der Waals surface area contributed by atoms with E-state index < -0.39 is 159 Å². The average Bonchev–Trinajstić information content (AvgIpc) is 4.06. The minimum absolute atomic E-state index is 0.0556. The number of carbonyl (C=O) groups excluding carboxylic acids is 7. The van der Waals surface area contributed by atoms with Crippen LogP contribution in [0.2, 0.25) is 0 Å². The molecule has 3 saturated heterocycles. The highest BCUT2D eigenvalue weighted by molar-refractivity contribution is 5.69. The van der Waals surface area contributed by atoms with E-state index in [1.807, 2.05) is 24.3 Å². The lowest BCUT2D eigenvalue weighted by Gasteiger charge is -2.46. The second-order valence-corrected chi connectivity index (χ2v) is 19.1. The van der Waals surface area contributed by atoms with Crippen molar-refractivity contribution in [3.05, 3.63) is 114 Å². The number of hydrogen-bond donors (Lipinski definition) is 0. The van der Waals surface area contributed by atoms with E-state index in [9.17, 15) is 55.7 Å². The van der Waals surface area contributed by atoms with Crippen molar-refractivity contribution in [2.75, 3.05) is 19.7 Å². The van der Waals surface area contributed by atoms with Gasteiger partial charge in [-0.2, -0.15) is 0 Å². The van der Waals surface area contributed by atoms with Crippen molar-refractivity contribution < 1.29 is 95.1 Å². The van der Waals surface area contributed by atoms with Crippen LogP contribution in [0.5, 0.6) is 0 Å². The molecule has 2 aromatic carbocycles. The summed E-state index contributed by atoms with van der Waals surface area (Å²) in [6, 6.07) is 13.4. The van der Waals surface area contributed by atoms with Gasteiger partial charge in [0.2, 0.25) is 0 Å². The van der Waals surface area contributed by atoms with Crippen molar-refractivity contribution in [1.82, 2.24) is 4.90 Å². The Kier molecular flexibility index (Phi) is 23.9. The summed E-state index contributed by atoms with van der Waals surface area (Å²) in [6.45, 7) is 4.84. The van der Waals surface area contributed by atoms with Gasteiger partial charge in [-0.25, -0.2) is 4.79 Å². The maximum Gasteiger partial charge on any atom is 0.410 e. The number of benzene rings is 2. The molecule has 3 heterocycles. The number of ether oxygens (including phenoxy) is 13. The normalized spacial score (nSPS) is 29.9. The molecular weight excluding hydrogens is 1100 g/mol. The van der Waals surface area contributed by atoms with E-state index in [0.29, 0.717) is 0 Å². The molecule has 2 aromatic rings. The zero-order chi connectivity index (χ0) is 60.2. The van der Waals surface area contributed by atoms with Gasteiger partial charge < -0.3 is 66.5 Å². The van der Waals surface area contributed by atoms with Gasteiger partial charge in [-0.15, -0.1) is 0 Å². The van der Waals surface area contributed by atoms with Crippen LogP contribution in [-0.4, -0.2) is 171 Å². The summed E-state index contributed by atoms with van der Waals surface area (Å²) in [7, 11) is 0. The molecule has 4 fully saturated rings. The average molecular weight is 1160 g/mol. The zero-order valence-corrected chi connectivity index (χ0v) is 45.7. The van der Waals surface area contributed by atoms with E-state index in [1.165, 1.54) is 4.90 Å². The molecule has 1 amide bonds. The van der Waals surface area contributed by atoms with Crippen LogP contribution in [0.3, 0.4) is 0 Å². The van der Waals surface area contributed by atoms with Crippen LogP contribution in [0, 0.1) is 0 Å². The van der Waals surface area contributed by atoms with Gasteiger partial charge in [0.1, 0.15) is 49.8 Å². The summed E-state index contributed by atoms with van der Waals surface area (Å²) in [5.41, 5.74) is 40.4. The highest BCUT2D eigenvalue weighted by Gasteiger charge is 2.58. The molecule has 0 spiro atoms. The van der Waals surface area contributed by atoms with Gasteiger partial charge in [-0.1, -0.05) is 81.1 Å². The Hall–Kier alpha value is -8.47. The highest BCUT2D eigenvalue weighted by atomic mass is 16.8. The second-order valence-electron chi connectivity index (χ2n) is 19.1. The third-order valence-corrected chi connectivity index (χ3v) is 13.0. The lowest BCUT2D eigenvalue weighted by Crippen LogP contribution is -2.62. The molecule has 4 aliphatic rings. The first-order valence-electron chi connectivity index (χ1n) is 25.9. The van der Waals surface area contributed by atoms with Gasteiger partial charge >= 0.3 is 41.9 Å². The first kappa shape index (κ1) is 63.7. The van der Waals surface area contributed by atoms with Gasteiger partial charge in [0.05, 0.1) is 37.4 Å². The zero-order valence-electron chi connectivity index (χ0n) is 45.7. The van der Waals surface area contributed by atoms with Crippen LogP contribution >= 0.6 is 0 Å². The van der Waals surface area contributed by atoms with E-state index in [1.54, 1.807) is 36.4 Å². The minimum Gasteiger partial charge on any atom is -0.463 e. The molecule has 1 saturated carbocycles. The maximum absolute atomic E-state index is 13.9. The Balaban J connectivity index is 1.41. The van der Waals surface area contributed by atoms with Crippen LogP contribution in [0.4, 0.5) is 4.79 Å². The van der Waals surface area contributed by atoms with Crippen molar-refractivity contribution in [2.24, 2.45) is 20.5 Å². The standard InChI is InChI=1S/C50H61N13O20/c1-25(64)71-24-38-43(82-48-39(58-62-54)44(76-29(5)68)42(75-28(4)67)37(79-48)20-55-59-51)46(77-30(6)69)49(80-38)83-45-40(74-27(3)66)34(56-60-52)19-35(57-61-53)41(45)81-47-36(73-26(2)65)18-17-33(78-47)22-63(21-31-13-9-7-10-14-31)50(70)72-23-32-15-11-8-12-16-32/h7-16,33-49H,17-24H2,1-6H3/t33-,34+,35-,36+,37-,38+,39+,40-,41+,42+,43+,44+,45+,46+,47+,48+,49-/m0/s1. The molecule has 33 nitrogen and oxygen atoms in total. The fraction of sp³-hybridized carbons (Fsp3) is 0.620. The molecule has 0 unspecified atom stereocenters. The van der Waals surface area contributed by atoms with Crippen molar-refractivity contribution in [1.29, 1.82) is 0 Å². The summed E-state index contributed by atoms with van der Waals surface area (Å²) in [6.07, 6.45) is -23.4. The van der Waals surface area contributed by atoms with Crippen molar-refractivity contribution in [3.8, 4) is 0 Å². The first-order chi connectivity index (χ1) is 39.8. The van der Waals surface area contributed by atoms with E-state index in [4.69, 9.17) is 61.6 Å². The monoisotopic (exact) mass is 1160 g/mol. The molecule has 83 heavy (non-hydrogen) atoms. The Morgan fingerprint density at radius 1 is 0.530 bits per heavy atom. The largest absolute Gasteiger partial charge is 0.463 e. The predicted octanol–water partition coefficient (Wildman–Crippen LogP) is 5.91. The van der Waals surface area contributed by atoms with Gasteiger partial charge in [0.25, 0.3) is 0 Å². The van der Waals surface area contributed by atoms with Crippen LogP contribution in [0.25, 0.3) is 41.8 Å². The van der Waals surface area contributed by atoms with Gasteiger partial charge in [-0.3, -0.25) is 28.8 Å². The summed E-state index contributed by atoms with van der Waals surface area (Å²) in [4.78, 5) is 103. The van der Waals surface area contributed by atoms with Crippen LogP contribution < -0.4 is 0 Å². The highest BCUT2D eigenvalue weighted by Crippen LogP contribution is 2.40. The Bertz CT molecular complexity index is 2800. The van der Waals surface area contributed by atoms with Crippen molar-refractivity contribution in [2.45, 2.75) is 178 Å². The number of rotatable bonds is 24. The smallest absolute Gasteiger partial charge is 0.410 e. The number of amides is 1. The number of azide groups is 4. The van der Waals surface area contributed by atoms with Crippen LogP contribution in [-0.2, 0) is 103 Å². The molecule has 33 heteroatoms. The molecule has 446 valence electrons. The molecule has 0 N–H and O–H groups in total. The van der Waals surface area contributed by atoms with Gasteiger partial charge in [0, 0.05) is 67.7 Å². The minimum atomic E-state index is -1.95. The Labute approximate surface area is 472 Å². The fourth-order valence-corrected chi connectivity index (χ4v) is 9.83. The SMILES string of the molecule is CC(=O)OC[C@H]1O[C@@H](O[C@@H]2[C@@H](OC(C)=O)[C@H](N=[N+]=[N-])C[C@H](N=[N+]=[N-])[C@H]2O[C@H]2O[C@H](CN(Cc3ccccc3)C(=O)OCc3ccccc3)CC[C@H]2OC(C)=O)[C@H](OC(C)=O)[C@@H]1O[C@H]1O[C@@H](CN=[N+]=[N-])[C@@H](OC(C)=O)[C@H](OC(C)=O)[C@H]1N=[N+]=[N-]. The number of nitrogens with zero attached hydrogens (tertiary/aromatic N) is 13. The van der Waals surface area contributed by atoms with Crippen molar-refractivity contribution >= 4 is 41.9 Å². The third kappa shape index (κ3) is 18.3. The van der Waals surface area contributed by atoms with Crippen LogP contribution in [0.1, 0.15) is 71.9 Å². The summed E-state index contributed by atoms with van der Waals surface area (Å²) in [5, 5.41) is 15.1. The lowest BCUT2D eigenvalue weighted by molar-refractivity contribution is -0.306. The first-order valence-corrected chi connectivity index (χ1v) is 25.9. The third-order valence-electron chi connectivity index (χ3n) is 13.0. The molecule has 3 aliphatic heterocycles. The molecular formula is C50H61N13O20. The fourth-order valence-electron chi connectivity index (χ4n) is 9.83. The number of carbonyl (C=O) groups is 7. The topological polar surface area (TPSA) is 438 Å². The lowest BCUT2D eigenvalue weighted by atomic mass is 9.84. The molecule has 1 aliphatic carbocycles. The Morgan fingerprint density at radius 2 is 1.07 bits per heavy atom. The molecule has 0 bridgehead atoms. The molecule has 6 rings (SSSR count). The van der Waals surface area contributed by atoms with Gasteiger partial charge in [0.15, 0.2) is 43.3 Å². The summed E-state index contributed by atoms with van der Waals surface area (Å²) < 4.78 is 78.2. The second kappa shape index (κ2) is 31.1. The summed E-state index contributed by atoms with van der Waals surface area (Å²) in [5.74, 6) is -5.44. The molecule has 0 aromatic heterocycles. The van der Waals surface area contributed by atoms with Gasteiger partial charge in [-0.05, 0) is 52.5 Å². The van der Waals surface area contributed by atoms with E-state index >= 15 is 0 Å². The molecule has 17 atom stereocenters. The van der Waals surface area contributed by atoms with E-state index in [2.05, 4.69) is 40.1 Å². The Morgan fingerprint density at radius 3 is 1.66 bits per heavy atom. The van der Waals surface area contributed by atoms with E-state index in [-0.39, 0.29) is 39.0 Å². The quantitative estimate of drug-likeness (QED) is 0.0387. The summed E-state index contributed by atoms with van der Waals surface area (Å²) >= 11 is 0. The van der Waals surface area contributed by atoms with E-state index in [0.717, 1.165) is 52.7 Å². The predicted molar refractivity (Wildman–Crippen MR) is 275 cm³/mol. The number of esters is 6. The number of hydrogen-bond acceptors (Lipinski definition) is 24.